The van der Waals surface area contributed by atoms with E-state index in [0.717, 1.165) is 19.6 Å². The minimum absolute atomic E-state index is 0.237. The molecule has 1 heterocycles. The number of carbonyl (C=O) groups excluding carboxylic acids is 1. The van der Waals surface area contributed by atoms with E-state index in [1.54, 1.807) is 6.92 Å². The molecule has 3 heteroatoms. The number of carbonyl (C=O) groups is 1. The molecule has 2 rings (SSSR count). The quantitative estimate of drug-likeness (QED) is 0.688. The van der Waals surface area contributed by atoms with Gasteiger partial charge in [0.1, 0.15) is 0 Å². The molecule has 0 radical (unpaired) electrons. The summed E-state index contributed by atoms with van der Waals surface area (Å²) >= 11 is 0. The molecule has 1 aliphatic carbocycles. The molecule has 1 amide bonds. The number of nitrogens with zero attached hydrogens (tertiary/aromatic N) is 2. The van der Waals surface area contributed by atoms with E-state index in [-0.39, 0.29) is 5.91 Å². The molecule has 2 fully saturated rings. The highest BCUT2D eigenvalue weighted by atomic mass is 16.2. The van der Waals surface area contributed by atoms with Crippen molar-refractivity contribution in [3.63, 3.8) is 0 Å². The van der Waals surface area contributed by atoms with Gasteiger partial charge in [0.25, 0.3) is 0 Å². The second-order valence-corrected chi connectivity index (χ2v) is 5.10. The summed E-state index contributed by atoms with van der Waals surface area (Å²) in [5.74, 6) is 6.33. The van der Waals surface area contributed by atoms with Gasteiger partial charge in [0.05, 0.1) is 6.54 Å². The summed E-state index contributed by atoms with van der Waals surface area (Å²) in [4.78, 5) is 16.1. The summed E-state index contributed by atoms with van der Waals surface area (Å²) in [6.07, 6.45) is 4.84. The van der Waals surface area contributed by atoms with Crippen LogP contribution in [0.3, 0.4) is 0 Å². The lowest BCUT2D eigenvalue weighted by atomic mass is 10.2. The Balaban J connectivity index is 1.90. The largest absolute Gasteiger partial charge is 0.338 e. The molecule has 0 bridgehead atoms. The van der Waals surface area contributed by atoms with Crippen LogP contribution in [0.1, 0.15) is 39.5 Å². The number of hydrogen-bond donors (Lipinski definition) is 0. The van der Waals surface area contributed by atoms with Crippen molar-refractivity contribution in [2.45, 2.75) is 51.6 Å². The van der Waals surface area contributed by atoms with Crippen molar-refractivity contribution in [2.75, 3.05) is 19.6 Å². The molecule has 1 atom stereocenters. The van der Waals surface area contributed by atoms with Crippen molar-refractivity contribution in [2.24, 2.45) is 0 Å². The lowest BCUT2D eigenvalue weighted by Crippen LogP contribution is -2.43. The van der Waals surface area contributed by atoms with Crippen molar-refractivity contribution in [3.05, 3.63) is 0 Å². The zero-order valence-corrected chi connectivity index (χ0v) is 10.9. The Morgan fingerprint density at radius 2 is 2.18 bits per heavy atom. The average Bonchev–Trinajstić information content (AvgIpc) is 3.04. The van der Waals surface area contributed by atoms with Crippen LogP contribution >= 0.6 is 0 Å². The highest BCUT2D eigenvalue weighted by molar-refractivity contribution is 5.74. The molecule has 2 aliphatic rings. The van der Waals surface area contributed by atoms with Gasteiger partial charge in [-0.3, -0.25) is 9.69 Å². The SMILES string of the molecule is CC#CCN1CCC[C@H]1CN(C(C)=O)C1CC1. The summed E-state index contributed by atoms with van der Waals surface area (Å²) in [5, 5.41) is 0. The first-order valence-electron chi connectivity index (χ1n) is 6.63. The topological polar surface area (TPSA) is 23.6 Å². The average molecular weight is 234 g/mol. The highest BCUT2D eigenvalue weighted by Gasteiger charge is 2.34. The molecule has 0 unspecified atom stereocenters. The lowest BCUT2D eigenvalue weighted by molar-refractivity contribution is -0.130. The minimum atomic E-state index is 0.237. The second kappa shape index (κ2) is 5.55. The zero-order chi connectivity index (χ0) is 12.3. The smallest absolute Gasteiger partial charge is 0.219 e. The van der Waals surface area contributed by atoms with Crippen LogP contribution in [0, 0.1) is 11.8 Å². The normalized spacial score (nSPS) is 24.2. The summed E-state index contributed by atoms with van der Waals surface area (Å²) in [6, 6.07) is 1.06. The lowest BCUT2D eigenvalue weighted by Gasteiger charge is -2.29. The van der Waals surface area contributed by atoms with Crippen molar-refractivity contribution in [1.82, 2.24) is 9.80 Å². The fourth-order valence-corrected chi connectivity index (χ4v) is 2.64. The molecule has 1 aliphatic heterocycles. The van der Waals surface area contributed by atoms with Gasteiger partial charge in [-0.15, -0.1) is 5.92 Å². The van der Waals surface area contributed by atoms with Gasteiger partial charge in [-0.25, -0.2) is 0 Å². The number of likely N-dealkylation sites (tertiary alicyclic amines) is 1. The third kappa shape index (κ3) is 3.23. The predicted molar refractivity (Wildman–Crippen MR) is 68.5 cm³/mol. The summed E-state index contributed by atoms with van der Waals surface area (Å²) in [5.41, 5.74) is 0. The van der Waals surface area contributed by atoms with Gasteiger partial charge in [0, 0.05) is 25.6 Å². The fraction of sp³-hybridized carbons (Fsp3) is 0.786. The van der Waals surface area contributed by atoms with Crippen LogP contribution in [0.2, 0.25) is 0 Å². The molecule has 0 spiro atoms. The van der Waals surface area contributed by atoms with E-state index in [1.807, 2.05) is 6.92 Å². The van der Waals surface area contributed by atoms with Crippen molar-refractivity contribution in [3.8, 4) is 11.8 Å². The van der Waals surface area contributed by atoms with Crippen molar-refractivity contribution in [1.29, 1.82) is 0 Å². The number of amides is 1. The van der Waals surface area contributed by atoms with Gasteiger partial charge in [-0.1, -0.05) is 5.92 Å². The molecule has 3 nitrogen and oxygen atoms in total. The molecule has 0 aromatic heterocycles. The Labute approximate surface area is 104 Å². The zero-order valence-electron chi connectivity index (χ0n) is 10.9. The maximum atomic E-state index is 11.6. The molecule has 17 heavy (non-hydrogen) atoms. The van der Waals surface area contributed by atoms with Crippen molar-refractivity contribution >= 4 is 5.91 Å². The first-order valence-corrected chi connectivity index (χ1v) is 6.63. The molecule has 1 saturated carbocycles. The maximum absolute atomic E-state index is 11.6. The van der Waals surface area contributed by atoms with E-state index < -0.39 is 0 Å². The Bertz CT molecular complexity index is 338. The molecular formula is C14H22N2O. The van der Waals surface area contributed by atoms with Gasteiger partial charge in [-0.2, -0.15) is 0 Å². The van der Waals surface area contributed by atoms with Gasteiger partial charge in [0.15, 0.2) is 0 Å². The Morgan fingerprint density at radius 3 is 2.76 bits per heavy atom. The van der Waals surface area contributed by atoms with E-state index >= 15 is 0 Å². The fourth-order valence-electron chi connectivity index (χ4n) is 2.64. The monoisotopic (exact) mass is 234 g/mol. The molecule has 0 aromatic rings. The van der Waals surface area contributed by atoms with Crippen LogP contribution in [0.4, 0.5) is 0 Å². The Kier molecular flexibility index (Phi) is 4.06. The molecule has 0 N–H and O–H groups in total. The van der Waals surface area contributed by atoms with E-state index in [4.69, 9.17) is 0 Å². The van der Waals surface area contributed by atoms with E-state index in [1.165, 1.54) is 25.7 Å². The first kappa shape index (κ1) is 12.4. The summed E-state index contributed by atoms with van der Waals surface area (Å²) < 4.78 is 0. The van der Waals surface area contributed by atoms with Crippen LogP contribution in [0.5, 0.6) is 0 Å². The molecule has 1 saturated heterocycles. The van der Waals surface area contributed by atoms with Crippen LogP contribution in [0.25, 0.3) is 0 Å². The van der Waals surface area contributed by atoms with Crippen LogP contribution < -0.4 is 0 Å². The van der Waals surface area contributed by atoms with Gasteiger partial charge >= 0.3 is 0 Å². The van der Waals surface area contributed by atoms with Gasteiger partial charge in [-0.05, 0) is 39.2 Å². The first-order chi connectivity index (χ1) is 8.22. The standard InChI is InChI=1S/C14H22N2O/c1-3-4-9-15-10-5-6-14(15)11-16(12(2)17)13-7-8-13/h13-14H,5-11H2,1-2H3/t14-/m0/s1. The Hall–Kier alpha value is -1.01. The highest BCUT2D eigenvalue weighted by Crippen LogP contribution is 2.29. The number of rotatable bonds is 4. The van der Waals surface area contributed by atoms with Gasteiger partial charge in [0.2, 0.25) is 5.91 Å². The van der Waals surface area contributed by atoms with Gasteiger partial charge < -0.3 is 4.90 Å². The summed E-state index contributed by atoms with van der Waals surface area (Å²) in [7, 11) is 0. The number of hydrogen-bond acceptors (Lipinski definition) is 2. The van der Waals surface area contributed by atoms with Crippen LogP contribution in [-0.4, -0.2) is 47.4 Å². The molecular weight excluding hydrogens is 212 g/mol. The van der Waals surface area contributed by atoms with Crippen LogP contribution in [0.15, 0.2) is 0 Å². The summed E-state index contributed by atoms with van der Waals surface area (Å²) in [6.45, 7) is 6.49. The van der Waals surface area contributed by atoms with Crippen molar-refractivity contribution < 1.29 is 4.79 Å². The van der Waals surface area contributed by atoms with E-state index in [9.17, 15) is 4.79 Å². The maximum Gasteiger partial charge on any atom is 0.219 e. The predicted octanol–water partition coefficient (Wildman–Crippen LogP) is 1.48. The van der Waals surface area contributed by atoms with E-state index in [2.05, 4.69) is 21.6 Å². The third-order valence-electron chi connectivity index (χ3n) is 3.76. The Morgan fingerprint density at radius 1 is 1.41 bits per heavy atom. The second-order valence-electron chi connectivity index (χ2n) is 5.10. The third-order valence-corrected chi connectivity index (χ3v) is 3.76. The van der Waals surface area contributed by atoms with E-state index in [0.29, 0.717) is 12.1 Å². The molecule has 0 aromatic carbocycles. The molecule has 94 valence electrons. The van der Waals surface area contributed by atoms with Crippen LogP contribution in [-0.2, 0) is 4.79 Å². The minimum Gasteiger partial charge on any atom is -0.338 e.